The monoisotopic (exact) mass is 322 g/mol. The SMILES string of the molecule is C1=C[NH2+]N=C1.Cc1ccc(P(=S)([S-])n2cccn2)cc1. The summed E-state index contributed by atoms with van der Waals surface area (Å²) in [7, 11) is 0. The lowest BCUT2D eigenvalue weighted by molar-refractivity contribution is -0.589. The van der Waals surface area contributed by atoms with Crippen molar-refractivity contribution in [3.8, 4) is 0 Å². The molecule has 0 saturated heterocycles. The van der Waals surface area contributed by atoms with Crippen LogP contribution in [-0.2, 0) is 24.1 Å². The summed E-state index contributed by atoms with van der Waals surface area (Å²) in [6.45, 7) is 2.05. The fourth-order valence-corrected chi connectivity index (χ4v) is 4.04. The Bertz CT molecular complexity index is 638. The number of aromatic nitrogens is 2. The van der Waals surface area contributed by atoms with Gasteiger partial charge in [0, 0.05) is 18.5 Å². The Morgan fingerprint density at radius 3 is 2.50 bits per heavy atom. The molecule has 1 unspecified atom stereocenters. The molecule has 1 aliphatic heterocycles. The van der Waals surface area contributed by atoms with Gasteiger partial charge in [0.05, 0.1) is 6.21 Å². The van der Waals surface area contributed by atoms with Gasteiger partial charge in [-0.05, 0) is 23.7 Å². The molecule has 2 heterocycles. The molecule has 4 nitrogen and oxygen atoms in total. The molecule has 1 aromatic heterocycles. The van der Waals surface area contributed by atoms with Gasteiger partial charge in [-0.25, -0.2) is 0 Å². The van der Waals surface area contributed by atoms with Gasteiger partial charge in [-0.3, -0.25) is 4.45 Å². The molecule has 0 fully saturated rings. The number of rotatable bonds is 2. The maximum atomic E-state index is 5.50. The Labute approximate surface area is 128 Å². The Kier molecular flexibility index (Phi) is 5.31. The Morgan fingerprint density at radius 1 is 1.30 bits per heavy atom. The van der Waals surface area contributed by atoms with Crippen LogP contribution in [0.1, 0.15) is 5.56 Å². The van der Waals surface area contributed by atoms with Gasteiger partial charge in [0.15, 0.2) is 0 Å². The first-order chi connectivity index (χ1) is 9.60. The molecular weight excluding hydrogens is 307 g/mol. The predicted octanol–water partition coefficient (Wildman–Crippen LogP) is 1.28. The lowest BCUT2D eigenvalue weighted by Gasteiger charge is -2.29. The van der Waals surface area contributed by atoms with E-state index in [4.69, 9.17) is 24.1 Å². The first kappa shape index (κ1) is 15.2. The van der Waals surface area contributed by atoms with Crippen molar-refractivity contribution in [3.63, 3.8) is 0 Å². The maximum Gasteiger partial charge on any atom is 0.121 e. The number of benzene rings is 1. The summed E-state index contributed by atoms with van der Waals surface area (Å²) in [6.07, 6.45) is 9.08. The van der Waals surface area contributed by atoms with Crippen LogP contribution in [0.5, 0.6) is 0 Å². The topological polar surface area (TPSA) is 46.8 Å². The Balaban J connectivity index is 0.000000247. The zero-order chi connectivity index (χ0) is 14.4. The molecule has 0 amide bonds. The molecule has 20 heavy (non-hydrogen) atoms. The van der Waals surface area contributed by atoms with Gasteiger partial charge in [0.2, 0.25) is 0 Å². The van der Waals surface area contributed by atoms with Crippen LogP contribution in [0.25, 0.3) is 0 Å². The van der Waals surface area contributed by atoms with E-state index in [1.807, 2.05) is 55.7 Å². The predicted molar refractivity (Wildman–Crippen MR) is 89.6 cm³/mol. The highest BCUT2D eigenvalue weighted by Crippen LogP contribution is 2.42. The number of nitrogens with two attached hydrogens (primary N) is 1. The molecule has 0 spiro atoms. The Hall–Kier alpha value is -1.20. The highest BCUT2D eigenvalue weighted by Gasteiger charge is 2.06. The van der Waals surface area contributed by atoms with Gasteiger partial charge < -0.3 is 12.2 Å². The second-order valence-corrected chi connectivity index (χ2v) is 9.95. The maximum absolute atomic E-state index is 5.50. The smallest absolute Gasteiger partial charge is 0.121 e. The van der Waals surface area contributed by atoms with Gasteiger partial charge in [0.1, 0.15) is 6.20 Å². The van der Waals surface area contributed by atoms with Crippen LogP contribution in [0.4, 0.5) is 0 Å². The number of hydrogen-bond donors (Lipinski definition) is 1. The van der Waals surface area contributed by atoms with Crippen LogP contribution in [0.2, 0.25) is 0 Å². The second-order valence-electron chi connectivity index (χ2n) is 4.11. The zero-order valence-corrected chi connectivity index (χ0v) is 13.5. The summed E-state index contributed by atoms with van der Waals surface area (Å²) >= 11 is 11.0. The summed E-state index contributed by atoms with van der Waals surface area (Å²) in [5.74, 6) is 0. The third-order valence-corrected chi connectivity index (χ3v) is 6.57. The molecule has 1 aromatic carbocycles. The van der Waals surface area contributed by atoms with Gasteiger partial charge in [-0.1, -0.05) is 46.7 Å². The number of allylic oxidation sites excluding steroid dienone is 1. The van der Waals surface area contributed by atoms with E-state index in [0.29, 0.717) is 0 Å². The number of nitrogens with zero attached hydrogens (tertiary/aromatic N) is 3. The van der Waals surface area contributed by atoms with E-state index in [9.17, 15) is 0 Å². The number of hydrogen-bond acceptors (Lipinski definition) is 4. The van der Waals surface area contributed by atoms with Crippen molar-refractivity contribution in [2.45, 2.75) is 6.92 Å². The molecule has 104 valence electrons. The van der Waals surface area contributed by atoms with Gasteiger partial charge >= 0.3 is 0 Å². The fourth-order valence-electron chi connectivity index (χ4n) is 1.52. The lowest BCUT2D eigenvalue weighted by Crippen LogP contribution is -2.69. The van der Waals surface area contributed by atoms with Crippen LogP contribution in [0.3, 0.4) is 0 Å². The van der Waals surface area contributed by atoms with Crippen molar-refractivity contribution in [1.29, 1.82) is 0 Å². The molecular formula is C13H15N4PS2. The average Bonchev–Trinajstić information content (AvgIpc) is 3.16. The minimum Gasteiger partial charge on any atom is -0.719 e. The van der Waals surface area contributed by atoms with E-state index in [1.54, 1.807) is 22.3 Å². The highest BCUT2D eigenvalue weighted by atomic mass is 32.9. The summed E-state index contributed by atoms with van der Waals surface area (Å²) in [5.41, 5.74) is 2.96. The molecule has 0 bridgehead atoms. The average molecular weight is 322 g/mol. The fraction of sp³-hybridized carbons (Fsp3) is 0.0769. The van der Waals surface area contributed by atoms with Crippen LogP contribution >= 0.6 is 5.39 Å². The Morgan fingerprint density at radius 2 is 2.05 bits per heavy atom. The third-order valence-electron chi connectivity index (χ3n) is 2.58. The van der Waals surface area contributed by atoms with Crippen LogP contribution in [-0.4, -0.2) is 15.8 Å². The third kappa shape index (κ3) is 3.90. The minimum atomic E-state index is -2.15. The summed E-state index contributed by atoms with van der Waals surface area (Å²) in [4.78, 5) is 0. The quantitative estimate of drug-likeness (QED) is 0.515. The number of quaternary nitrogens is 1. The van der Waals surface area contributed by atoms with E-state index in [-0.39, 0.29) is 0 Å². The second kappa shape index (κ2) is 6.99. The van der Waals surface area contributed by atoms with E-state index < -0.39 is 5.39 Å². The molecule has 0 saturated carbocycles. The largest absolute Gasteiger partial charge is 0.719 e. The first-order valence-corrected chi connectivity index (χ1v) is 9.78. The molecule has 3 rings (SSSR count). The summed E-state index contributed by atoms with van der Waals surface area (Å²) in [5, 5.41) is 6.74. The molecule has 0 radical (unpaired) electrons. The van der Waals surface area contributed by atoms with Crippen molar-refractivity contribution in [2.24, 2.45) is 5.10 Å². The molecule has 0 aliphatic carbocycles. The van der Waals surface area contributed by atoms with Crippen molar-refractivity contribution in [1.82, 2.24) is 9.55 Å². The van der Waals surface area contributed by atoms with E-state index >= 15 is 0 Å². The van der Waals surface area contributed by atoms with Crippen molar-refractivity contribution in [2.75, 3.05) is 0 Å². The van der Waals surface area contributed by atoms with E-state index in [0.717, 1.165) is 5.30 Å². The number of aryl methyl sites for hydroxylation is 1. The molecule has 2 aromatic rings. The van der Waals surface area contributed by atoms with Crippen molar-refractivity contribution in [3.05, 3.63) is 60.6 Å². The van der Waals surface area contributed by atoms with Crippen LogP contribution in [0.15, 0.2) is 60.1 Å². The van der Waals surface area contributed by atoms with E-state index in [1.165, 1.54) is 5.56 Å². The minimum absolute atomic E-state index is 1.02. The molecule has 1 atom stereocenters. The van der Waals surface area contributed by atoms with Crippen LogP contribution < -0.4 is 10.7 Å². The standard InChI is InChI=1S/C10H11N2PS2.C3H4N2/c1-9-3-5-10(6-4-9)13(14,15)12-8-2-7-11-12;1-2-4-5-3-1/h2-8H,1H3,(H,14,15);1-3H,(H,4,5). The normalized spacial score (nSPS) is 15.5. The van der Waals surface area contributed by atoms with Gasteiger partial charge in [0.25, 0.3) is 0 Å². The van der Waals surface area contributed by atoms with Crippen molar-refractivity contribution < 1.29 is 5.43 Å². The molecule has 1 aliphatic rings. The molecule has 2 N–H and O–H groups in total. The zero-order valence-electron chi connectivity index (χ0n) is 11.0. The lowest BCUT2D eigenvalue weighted by atomic mass is 10.2. The van der Waals surface area contributed by atoms with Crippen molar-refractivity contribution >= 4 is 41.0 Å². The van der Waals surface area contributed by atoms with Gasteiger partial charge in [-0.15, -0.1) is 0 Å². The van der Waals surface area contributed by atoms with E-state index in [2.05, 4.69) is 10.2 Å². The summed E-state index contributed by atoms with van der Waals surface area (Å²) < 4.78 is 1.72. The van der Waals surface area contributed by atoms with Gasteiger partial charge in [-0.2, -0.15) is 10.5 Å². The van der Waals surface area contributed by atoms with Crippen LogP contribution in [0, 0.1) is 6.92 Å². The first-order valence-electron chi connectivity index (χ1n) is 6.01. The highest BCUT2D eigenvalue weighted by molar-refractivity contribution is 8.57. The summed E-state index contributed by atoms with van der Waals surface area (Å²) in [6, 6.07) is 9.93. The molecule has 7 heteroatoms.